The van der Waals surface area contributed by atoms with E-state index in [4.69, 9.17) is 0 Å². The number of aromatic nitrogens is 5. The summed E-state index contributed by atoms with van der Waals surface area (Å²) in [6.07, 6.45) is 9.05. The lowest BCUT2D eigenvalue weighted by molar-refractivity contribution is 0.0993. The third kappa shape index (κ3) is 3.98. The Labute approximate surface area is 178 Å². The van der Waals surface area contributed by atoms with Crippen molar-refractivity contribution in [2.75, 3.05) is 0 Å². The SMILES string of the molecule is O=C(Cc1cccc(-n2ccnc2)c1)c1cccc(C#Cc2cnc3cccnn23)c1. The summed E-state index contributed by atoms with van der Waals surface area (Å²) < 4.78 is 3.61. The van der Waals surface area contributed by atoms with Crippen LogP contribution in [-0.2, 0) is 6.42 Å². The van der Waals surface area contributed by atoms with Gasteiger partial charge in [-0.15, -0.1) is 0 Å². The van der Waals surface area contributed by atoms with Gasteiger partial charge in [-0.3, -0.25) is 4.79 Å². The average molecular weight is 403 g/mol. The molecule has 0 atom stereocenters. The number of Topliss-reactive ketones (excluding diaryl/α,β-unsaturated/α-hetero) is 1. The summed E-state index contributed by atoms with van der Waals surface area (Å²) in [6, 6.07) is 19.0. The van der Waals surface area contributed by atoms with Gasteiger partial charge in [-0.2, -0.15) is 5.10 Å². The van der Waals surface area contributed by atoms with Gasteiger partial charge in [-0.05, 0) is 47.9 Å². The van der Waals surface area contributed by atoms with Crippen LogP contribution >= 0.6 is 0 Å². The molecular weight excluding hydrogens is 386 g/mol. The fraction of sp³-hybridized carbons (Fsp3) is 0.0400. The zero-order valence-electron chi connectivity index (χ0n) is 16.5. The first-order chi connectivity index (χ1) is 15.3. The van der Waals surface area contributed by atoms with Gasteiger partial charge < -0.3 is 4.57 Å². The standard InChI is InChI=1S/C25H17N5O/c31-24(16-20-5-2-7-22(15-20)29-13-12-26-18-29)21-6-1-4-19(14-21)9-10-23-17-27-25-8-3-11-28-30(23)25/h1-8,11-15,17-18H,16H2. The van der Waals surface area contributed by atoms with Crippen molar-refractivity contribution in [3.05, 3.63) is 114 Å². The summed E-state index contributed by atoms with van der Waals surface area (Å²) in [5.74, 6) is 6.25. The van der Waals surface area contributed by atoms with Crippen LogP contribution in [-0.4, -0.2) is 29.9 Å². The molecule has 0 fully saturated rings. The molecule has 0 saturated carbocycles. The molecule has 2 aromatic carbocycles. The fourth-order valence-electron chi connectivity index (χ4n) is 3.35. The summed E-state index contributed by atoms with van der Waals surface area (Å²) in [4.78, 5) is 21.2. The van der Waals surface area contributed by atoms with Gasteiger partial charge in [0.25, 0.3) is 0 Å². The maximum Gasteiger partial charge on any atom is 0.167 e. The number of rotatable bonds is 4. The van der Waals surface area contributed by atoms with E-state index < -0.39 is 0 Å². The highest BCUT2D eigenvalue weighted by Crippen LogP contribution is 2.14. The van der Waals surface area contributed by atoms with E-state index in [2.05, 4.69) is 26.9 Å². The van der Waals surface area contributed by atoms with E-state index in [0.717, 1.165) is 22.5 Å². The molecule has 148 valence electrons. The molecule has 0 bridgehead atoms. The van der Waals surface area contributed by atoms with Crippen molar-refractivity contribution < 1.29 is 4.79 Å². The first-order valence-electron chi connectivity index (χ1n) is 9.77. The second-order valence-corrected chi connectivity index (χ2v) is 7.01. The van der Waals surface area contributed by atoms with Crippen molar-refractivity contribution in [2.24, 2.45) is 0 Å². The van der Waals surface area contributed by atoms with Crippen LogP contribution in [0.3, 0.4) is 0 Å². The lowest BCUT2D eigenvalue weighted by Crippen LogP contribution is -2.04. The minimum atomic E-state index is 0.0444. The molecule has 3 heterocycles. The zero-order valence-corrected chi connectivity index (χ0v) is 16.5. The van der Waals surface area contributed by atoms with Crippen molar-refractivity contribution in [1.82, 2.24) is 24.1 Å². The number of nitrogens with zero attached hydrogens (tertiary/aromatic N) is 5. The number of fused-ring (bicyclic) bond motifs is 1. The normalized spacial score (nSPS) is 10.6. The Morgan fingerprint density at radius 3 is 2.81 bits per heavy atom. The summed E-state index contributed by atoms with van der Waals surface area (Å²) in [5, 5.41) is 4.26. The Morgan fingerprint density at radius 2 is 1.90 bits per heavy atom. The number of hydrogen-bond acceptors (Lipinski definition) is 4. The van der Waals surface area contributed by atoms with Crippen LogP contribution in [0.1, 0.15) is 27.2 Å². The van der Waals surface area contributed by atoms with Crippen molar-refractivity contribution in [1.29, 1.82) is 0 Å². The van der Waals surface area contributed by atoms with Crippen molar-refractivity contribution >= 4 is 11.4 Å². The molecule has 0 aliphatic heterocycles. The van der Waals surface area contributed by atoms with Crippen molar-refractivity contribution in [3.8, 4) is 17.5 Å². The smallest absolute Gasteiger partial charge is 0.167 e. The van der Waals surface area contributed by atoms with Gasteiger partial charge in [0, 0.05) is 41.8 Å². The minimum Gasteiger partial charge on any atom is -0.306 e. The quantitative estimate of drug-likeness (QED) is 0.339. The van der Waals surface area contributed by atoms with Gasteiger partial charge in [0.05, 0.1) is 12.5 Å². The third-order valence-electron chi connectivity index (χ3n) is 4.88. The zero-order chi connectivity index (χ0) is 21.0. The predicted octanol–water partition coefficient (Wildman–Crippen LogP) is 3.74. The van der Waals surface area contributed by atoms with E-state index in [1.807, 2.05) is 71.4 Å². The average Bonchev–Trinajstić information content (AvgIpc) is 3.49. The number of hydrogen-bond donors (Lipinski definition) is 0. The van der Waals surface area contributed by atoms with Crippen LogP contribution in [0.5, 0.6) is 0 Å². The summed E-state index contributed by atoms with van der Waals surface area (Å²) in [5.41, 5.74) is 4.77. The first-order valence-corrected chi connectivity index (χ1v) is 9.77. The summed E-state index contributed by atoms with van der Waals surface area (Å²) >= 11 is 0. The molecule has 0 aliphatic carbocycles. The minimum absolute atomic E-state index is 0.0444. The van der Waals surface area contributed by atoms with Gasteiger partial charge in [0.1, 0.15) is 5.69 Å². The van der Waals surface area contributed by atoms with E-state index in [-0.39, 0.29) is 5.78 Å². The van der Waals surface area contributed by atoms with Crippen molar-refractivity contribution in [3.63, 3.8) is 0 Å². The van der Waals surface area contributed by atoms with Crippen LogP contribution in [0.4, 0.5) is 0 Å². The Balaban J connectivity index is 1.36. The molecule has 0 amide bonds. The number of carbonyl (C=O) groups is 1. The fourth-order valence-corrected chi connectivity index (χ4v) is 3.35. The van der Waals surface area contributed by atoms with E-state index in [1.54, 1.807) is 29.4 Å². The third-order valence-corrected chi connectivity index (χ3v) is 4.88. The van der Waals surface area contributed by atoms with Gasteiger partial charge in [-0.25, -0.2) is 14.5 Å². The number of ketones is 1. The predicted molar refractivity (Wildman–Crippen MR) is 117 cm³/mol. The lowest BCUT2D eigenvalue weighted by atomic mass is 10.0. The van der Waals surface area contributed by atoms with E-state index in [1.165, 1.54) is 0 Å². The molecule has 5 aromatic rings. The largest absolute Gasteiger partial charge is 0.306 e. The Bertz CT molecular complexity index is 1440. The summed E-state index contributed by atoms with van der Waals surface area (Å²) in [7, 11) is 0. The Kier molecular flexibility index (Phi) is 4.83. The molecule has 3 aromatic heterocycles. The van der Waals surface area contributed by atoms with Crippen LogP contribution in [0.2, 0.25) is 0 Å². The molecule has 0 spiro atoms. The van der Waals surface area contributed by atoms with Crippen LogP contribution in [0.15, 0.2) is 91.8 Å². The number of imidazole rings is 2. The molecule has 0 saturated heterocycles. The van der Waals surface area contributed by atoms with Gasteiger partial charge >= 0.3 is 0 Å². The van der Waals surface area contributed by atoms with Crippen molar-refractivity contribution in [2.45, 2.75) is 6.42 Å². The Morgan fingerprint density at radius 1 is 0.968 bits per heavy atom. The second-order valence-electron chi connectivity index (χ2n) is 7.01. The second kappa shape index (κ2) is 8.09. The van der Waals surface area contributed by atoms with Gasteiger partial charge in [0.15, 0.2) is 11.4 Å². The Hall–Kier alpha value is -4.50. The molecule has 6 heteroatoms. The highest BCUT2D eigenvalue weighted by Gasteiger charge is 2.09. The first kappa shape index (κ1) is 18.5. The van der Waals surface area contributed by atoms with E-state index in [0.29, 0.717) is 17.7 Å². The van der Waals surface area contributed by atoms with Crippen LogP contribution in [0, 0.1) is 11.8 Å². The summed E-state index contributed by atoms with van der Waals surface area (Å²) in [6.45, 7) is 0. The molecular formula is C25H17N5O. The van der Waals surface area contributed by atoms with Crippen LogP contribution in [0.25, 0.3) is 11.3 Å². The number of benzene rings is 2. The molecule has 0 aliphatic rings. The molecule has 0 unspecified atom stereocenters. The van der Waals surface area contributed by atoms with E-state index in [9.17, 15) is 4.79 Å². The maximum atomic E-state index is 12.9. The molecule has 0 N–H and O–H groups in total. The maximum absolute atomic E-state index is 12.9. The molecule has 31 heavy (non-hydrogen) atoms. The lowest BCUT2D eigenvalue weighted by Gasteiger charge is -2.06. The van der Waals surface area contributed by atoms with E-state index >= 15 is 0 Å². The monoisotopic (exact) mass is 403 g/mol. The number of carbonyl (C=O) groups excluding carboxylic acids is 1. The highest BCUT2D eigenvalue weighted by atomic mass is 16.1. The molecule has 6 nitrogen and oxygen atoms in total. The van der Waals surface area contributed by atoms with Gasteiger partial charge in [0.2, 0.25) is 0 Å². The molecule has 0 radical (unpaired) electrons. The van der Waals surface area contributed by atoms with Crippen LogP contribution < -0.4 is 0 Å². The molecule has 5 rings (SSSR count). The topological polar surface area (TPSA) is 65.1 Å². The highest BCUT2D eigenvalue weighted by molar-refractivity contribution is 5.97. The van der Waals surface area contributed by atoms with Gasteiger partial charge in [-0.1, -0.05) is 30.2 Å².